The molecule has 3 heteroatoms. The van der Waals surface area contributed by atoms with Crippen LogP contribution in [0.2, 0.25) is 0 Å². The average molecular weight is 237 g/mol. The topological polar surface area (TPSA) is 21.3 Å². The molecule has 0 aliphatic carbocycles. The number of benzene rings is 1. The molecule has 17 heavy (non-hydrogen) atoms. The molecule has 0 bridgehead atoms. The van der Waals surface area contributed by atoms with E-state index in [2.05, 4.69) is 12.2 Å². The first kappa shape index (κ1) is 12.5. The van der Waals surface area contributed by atoms with Gasteiger partial charge in [-0.3, -0.25) is 0 Å². The lowest BCUT2D eigenvalue weighted by Gasteiger charge is -2.30. The van der Waals surface area contributed by atoms with Gasteiger partial charge in [-0.2, -0.15) is 0 Å². The first-order chi connectivity index (χ1) is 8.29. The van der Waals surface area contributed by atoms with Crippen molar-refractivity contribution >= 4 is 0 Å². The highest BCUT2D eigenvalue weighted by Gasteiger charge is 2.23. The van der Waals surface area contributed by atoms with Crippen LogP contribution in [-0.2, 0) is 4.74 Å². The molecule has 2 rings (SSSR count). The second kappa shape index (κ2) is 6.12. The molecule has 1 saturated heterocycles. The van der Waals surface area contributed by atoms with Crippen LogP contribution in [0.4, 0.5) is 4.39 Å². The molecule has 1 aliphatic rings. The van der Waals surface area contributed by atoms with Crippen molar-refractivity contribution < 1.29 is 9.13 Å². The summed E-state index contributed by atoms with van der Waals surface area (Å²) < 4.78 is 18.9. The summed E-state index contributed by atoms with van der Waals surface area (Å²) in [5, 5.41) is 3.51. The van der Waals surface area contributed by atoms with E-state index in [1.165, 1.54) is 6.07 Å². The van der Waals surface area contributed by atoms with E-state index in [9.17, 15) is 4.39 Å². The van der Waals surface area contributed by atoms with Gasteiger partial charge in [0, 0.05) is 12.6 Å². The van der Waals surface area contributed by atoms with Crippen molar-refractivity contribution in [3.8, 4) is 0 Å². The van der Waals surface area contributed by atoms with Gasteiger partial charge in [0.05, 0.1) is 6.10 Å². The number of nitrogens with one attached hydrogen (secondary N) is 1. The molecular formula is C14H20FNO. The molecule has 0 amide bonds. The molecule has 2 unspecified atom stereocenters. The molecule has 2 atom stereocenters. The summed E-state index contributed by atoms with van der Waals surface area (Å²) in [6, 6.07) is 7.23. The number of halogens is 1. The SMILES string of the molecule is CCCNC1CCOC(c2cccc(F)c2)C1. The lowest BCUT2D eigenvalue weighted by molar-refractivity contribution is 0.000200. The molecule has 94 valence electrons. The van der Waals surface area contributed by atoms with Crippen LogP contribution in [0, 0.1) is 5.82 Å². The highest BCUT2D eigenvalue weighted by Crippen LogP contribution is 2.28. The lowest BCUT2D eigenvalue weighted by atomic mass is 9.97. The predicted molar refractivity (Wildman–Crippen MR) is 66.4 cm³/mol. The zero-order valence-electron chi connectivity index (χ0n) is 10.3. The summed E-state index contributed by atoms with van der Waals surface area (Å²) in [6.07, 6.45) is 3.16. The molecule has 0 spiro atoms. The smallest absolute Gasteiger partial charge is 0.123 e. The Labute approximate surface area is 102 Å². The minimum Gasteiger partial charge on any atom is -0.373 e. The second-order valence-electron chi connectivity index (χ2n) is 4.59. The van der Waals surface area contributed by atoms with Crippen molar-refractivity contribution in [3.05, 3.63) is 35.6 Å². The van der Waals surface area contributed by atoms with Gasteiger partial charge in [0.1, 0.15) is 5.82 Å². The Morgan fingerprint density at radius 3 is 3.12 bits per heavy atom. The molecular weight excluding hydrogens is 217 g/mol. The summed E-state index contributed by atoms with van der Waals surface area (Å²) in [5.41, 5.74) is 0.952. The highest BCUT2D eigenvalue weighted by molar-refractivity contribution is 5.19. The highest BCUT2D eigenvalue weighted by atomic mass is 19.1. The van der Waals surface area contributed by atoms with Crippen LogP contribution in [-0.4, -0.2) is 19.2 Å². The van der Waals surface area contributed by atoms with Gasteiger partial charge in [-0.15, -0.1) is 0 Å². The minimum absolute atomic E-state index is 0.0359. The third-order valence-electron chi connectivity index (χ3n) is 3.19. The fourth-order valence-electron chi connectivity index (χ4n) is 2.27. The first-order valence-corrected chi connectivity index (χ1v) is 6.40. The minimum atomic E-state index is -0.185. The van der Waals surface area contributed by atoms with Crippen LogP contribution >= 0.6 is 0 Å². The fraction of sp³-hybridized carbons (Fsp3) is 0.571. The van der Waals surface area contributed by atoms with Crippen molar-refractivity contribution in [2.75, 3.05) is 13.2 Å². The Kier molecular flexibility index (Phi) is 4.51. The molecule has 0 saturated carbocycles. The van der Waals surface area contributed by atoms with Crippen LogP contribution < -0.4 is 5.32 Å². The van der Waals surface area contributed by atoms with Crippen molar-refractivity contribution in [1.29, 1.82) is 0 Å². The second-order valence-corrected chi connectivity index (χ2v) is 4.59. The molecule has 2 nitrogen and oxygen atoms in total. The monoisotopic (exact) mass is 237 g/mol. The summed E-state index contributed by atoms with van der Waals surface area (Å²) in [6.45, 7) is 3.96. The normalized spacial score (nSPS) is 24.8. The van der Waals surface area contributed by atoms with Gasteiger partial charge in [0.15, 0.2) is 0 Å². The molecule has 1 aromatic rings. The maximum absolute atomic E-state index is 13.2. The molecule has 0 aromatic heterocycles. The Hall–Kier alpha value is -0.930. The summed E-state index contributed by atoms with van der Waals surface area (Å²) in [7, 11) is 0. The van der Waals surface area contributed by atoms with Crippen molar-refractivity contribution in [3.63, 3.8) is 0 Å². The third-order valence-corrected chi connectivity index (χ3v) is 3.19. The Balaban J connectivity index is 1.97. The van der Waals surface area contributed by atoms with Crippen molar-refractivity contribution in [2.24, 2.45) is 0 Å². The maximum Gasteiger partial charge on any atom is 0.123 e. The van der Waals surface area contributed by atoms with Crippen molar-refractivity contribution in [2.45, 2.75) is 38.3 Å². The molecule has 0 radical (unpaired) electrons. The Bertz CT molecular complexity index is 356. The Morgan fingerprint density at radius 1 is 1.47 bits per heavy atom. The predicted octanol–water partition coefficient (Wildman–Crippen LogP) is 3.05. The molecule has 1 aromatic carbocycles. The van der Waals surface area contributed by atoms with E-state index in [4.69, 9.17) is 4.74 Å². The first-order valence-electron chi connectivity index (χ1n) is 6.40. The van der Waals surface area contributed by atoms with E-state index >= 15 is 0 Å². The van der Waals surface area contributed by atoms with Gasteiger partial charge in [-0.1, -0.05) is 19.1 Å². The quantitative estimate of drug-likeness (QED) is 0.869. The fourth-order valence-corrected chi connectivity index (χ4v) is 2.27. The van der Waals surface area contributed by atoms with Crippen LogP contribution in [0.5, 0.6) is 0 Å². The zero-order chi connectivity index (χ0) is 12.1. The molecule has 1 fully saturated rings. The maximum atomic E-state index is 13.2. The number of hydrogen-bond acceptors (Lipinski definition) is 2. The third kappa shape index (κ3) is 3.51. The Morgan fingerprint density at radius 2 is 2.35 bits per heavy atom. The lowest BCUT2D eigenvalue weighted by Crippen LogP contribution is -2.36. The number of rotatable bonds is 4. The summed E-state index contributed by atoms with van der Waals surface area (Å²) in [4.78, 5) is 0. The molecule has 1 heterocycles. The van der Waals surface area contributed by atoms with Gasteiger partial charge < -0.3 is 10.1 Å². The van der Waals surface area contributed by atoms with Crippen LogP contribution in [0.25, 0.3) is 0 Å². The van der Waals surface area contributed by atoms with Crippen LogP contribution in [0.3, 0.4) is 0 Å². The number of ether oxygens (including phenoxy) is 1. The van der Waals surface area contributed by atoms with Gasteiger partial charge in [-0.05, 0) is 43.5 Å². The van der Waals surface area contributed by atoms with E-state index in [0.717, 1.165) is 38.0 Å². The van der Waals surface area contributed by atoms with Gasteiger partial charge in [-0.25, -0.2) is 4.39 Å². The largest absolute Gasteiger partial charge is 0.373 e. The average Bonchev–Trinajstić information content (AvgIpc) is 2.37. The molecule has 1 aliphatic heterocycles. The van der Waals surface area contributed by atoms with Gasteiger partial charge in [0.2, 0.25) is 0 Å². The van der Waals surface area contributed by atoms with Gasteiger partial charge in [0.25, 0.3) is 0 Å². The van der Waals surface area contributed by atoms with Crippen LogP contribution in [0.1, 0.15) is 37.9 Å². The molecule has 1 N–H and O–H groups in total. The van der Waals surface area contributed by atoms with Crippen LogP contribution in [0.15, 0.2) is 24.3 Å². The zero-order valence-corrected chi connectivity index (χ0v) is 10.3. The van der Waals surface area contributed by atoms with E-state index in [1.807, 2.05) is 6.07 Å². The van der Waals surface area contributed by atoms with Gasteiger partial charge >= 0.3 is 0 Å². The standard InChI is InChI=1S/C14H20FNO/c1-2-7-16-13-6-8-17-14(10-13)11-4-3-5-12(15)9-11/h3-5,9,13-14,16H,2,6-8,10H2,1H3. The van der Waals surface area contributed by atoms with E-state index < -0.39 is 0 Å². The van der Waals surface area contributed by atoms with E-state index in [1.54, 1.807) is 12.1 Å². The number of hydrogen-bond donors (Lipinski definition) is 1. The van der Waals surface area contributed by atoms with E-state index in [0.29, 0.717) is 6.04 Å². The van der Waals surface area contributed by atoms with E-state index in [-0.39, 0.29) is 11.9 Å². The summed E-state index contributed by atoms with van der Waals surface area (Å²) in [5.74, 6) is -0.185. The summed E-state index contributed by atoms with van der Waals surface area (Å²) >= 11 is 0. The van der Waals surface area contributed by atoms with Crippen molar-refractivity contribution in [1.82, 2.24) is 5.32 Å².